The Morgan fingerprint density at radius 3 is 2.58 bits per heavy atom. The molecule has 0 amide bonds. The lowest BCUT2D eigenvalue weighted by Gasteiger charge is -2.07. The third kappa shape index (κ3) is 2.53. The molecule has 2 rings (SSSR count). The van der Waals surface area contributed by atoms with Crippen LogP contribution in [0.25, 0.3) is 10.6 Å². The zero-order chi connectivity index (χ0) is 14.0. The first-order valence-corrected chi connectivity index (χ1v) is 6.31. The van der Waals surface area contributed by atoms with Gasteiger partial charge >= 0.3 is 5.97 Å². The number of carboxylic acid groups (broad SMARTS) is 1. The Labute approximate surface area is 114 Å². The van der Waals surface area contributed by atoms with Crippen LogP contribution >= 0.6 is 11.3 Å². The Kier molecular flexibility index (Phi) is 3.71. The average Bonchev–Trinajstić information content (AvgIpc) is 2.80. The fraction of sp³-hybridized carbons (Fsp3) is 0.231. The molecular formula is C13H13NO4S. The van der Waals surface area contributed by atoms with Crippen LogP contribution in [0.1, 0.15) is 15.4 Å². The third-order valence-electron chi connectivity index (χ3n) is 2.64. The monoisotopic (exact) mass is 279 g/mol. The highest BCUT2D eigenvalue weighted by Gasteiger charge is 2.18. The summed E-state index contributed by atoms with van der Waals surface area (Å²) in [5.74, 6) is 0.272. The SMILES string of the molecule is COc1ccc(OC)c(-c2nc(C(=O)O)c(C)s2)c1. The lowest BCUT2D eigenvalue weighted by molar-refractivity contribution is 0.0690. The molecule has 1 aromatic heterocycles. The summed E-state index contributed by atoms with van der Waals surface area (Å²) in [4.78, 5) is 15.8. The number of ether oxygens (including phenoxy) is 2. The van der Waals surface area contributed by atoms with E-state index in [-0.39, 0.29) is 5.69 Å². The molecule has 0 saturated heterocycles. The largest absolute Gasteiger partial charge is 0.497 e. The van der Waals surface area contributed by atoms with E-state index in [1.165, 1.54) is 11.3 Å². The molecule has 0 fully saturated rings. The second-order valence-corrected chi connectivity index (χ2v) is 5.00. The molecule has 5 nitrogen and oxygen atoms in total. The molecule has 0 aliphatic rings. The Hall–Kier alpha value is -2.08. The van der Waals surface area contributed by atoms with Crippen LogP contribution in [0.2, 0.25) is 0 Å². The van der Waals surface area contributed by atoms with Crippen molar-refractivity contribution in [2.45, 2.75) is 6.92 Å². The summed E-state index contributed by atoms with van der Waals surface area (Å²) < 4.78 is 10.4. The summed E-state index contributed by atoms with van der Waals surface area (Å²) in [7, 11) is 3.13. The summed E-state index contributed by atoms with van der Waals surface area (Å²) in [6, 6.07) is 5.33. The van der Waals surface area contributed by atoms with Gasteiger partial charge in [0.25, 0.3) is 0 Å². The number of carbonyl (C=O) groups is 1. The Balaban J connectivity index is 2.57. The van der Waals surface area contributed by atoms with Crippen LogP contribution in [0, 0.1) is 6.92 Å². The van der Waals surface area contributed by atoms with E-state index in [0.29, 0.717) is 21.4 Å². The highest BCUT2D eigenvalue weighted by Crippen LogP contribution is 2.36. The molecule has 0 atom stereocenters. The van der Waals surface area contributed by atoms with Crippen LogP contribution in [0.15, 0.2) is 18.2 Å². The van der Waals surface area contributed by atoms with Gasteiger partial charge < -0.3 is 14.6 Å². The summed E-state index contributed by atoms with van der Waals surface area (Å²) in [5, 5.41) is 9.64. The van der Waals surface area contributed by atoms with E-state index < -0.39 is 5.97 Å². The average molecular weight is 279 g/mol. The van der Waals surface area contributed by atoms with Crippen LogP contribution in [-0.2, 0) is 0 Å². The standard InChI is InChI=1S/C13H13NO4S/c1-7-11(13(15)16)14-12(19-7)9-6-8(17-2)4-5-10(9)18-3/h4-6H,1-3H3,(H,15,16). The summed E-state index contributed by atoms with van der Waals surface area (Å²) in [6.45, 7) is 1.73. The van der Waals surface area contributed by atoms with E-state index in [4.69, 9.17) is 14.6 Å². The van der Waals surface area contributed by atoms with Gasteiger partial charge in [0.2, 0.25) is 0 Å². The van der Waals surface area contributed by atoms with E-state index in [2.05, 4.69) is 4.98 Å². The molecule has 0 bridgehead atoms. The lowest BCUT2D eigenvalue weighted by atomic mass is 10.2. The van der Waals surface area contributed by atoms with Gasteiger partial charge in [-0.1, -0.05) is 0 Å². The number of hydrogen-bond acceptors (Lipinski definition) is 5. The van der Waals surface area contributed by atoms with Crippen molar-refractivity contribution in [1.29, 1.82) is 0 Å². The fourth-order valence-electron chi connectivity index (χ4n) is 1.69. The quantitative estimate of drug-likeness (QED) is 0.932. The summed E-state index contributed by atoms with van der Waals surface area (Å²) >= 11 is 1.32. The minimum Gasteiger partial charge on any atom is -0.497 e. The smallest absolute Gasteiger partial charge is 0.355 e. The van der Waals surface area contributed by atoms with Crippen molar-refractivity contribution in [3.63, 3.8) is 0 Å². The number of benzene rings is 1. The predicted molar refractivity (Wildman–Crippen MR) is 72.4 cm³/mol. The van der Waals surface area contributed by atoms with Gasteiger partial charge in [0.15, 0.2) is 5.69 Å². The van der Waals surface area contributed by atoms with Gasteiger partial charge in [0.1, 0.15) is 16.5 Å². The molecule has 100 valence electrons. The van der Waals surface area contributed by atoms with Gasteiger partial charge in [-0.15, -0.1) is 11.3 Å². The first-order chi connectivity index (χ1) is 9.06. The summed E-state index contributed by atoms with van der Waals surface area (Å²) in [5.41, 5.74) is 0.798. The zero-order valence-corrected chi connectivity index (χ0v) is 11.6. The molecule has 0 aliphatic carbocycles. The van der Waals surface area contributed by atoms with Crippen molar-refractivity contribution < 1.29 is 19.4 Å². The molecule has 0 saturated carbocycles. The molecule has 0 aliphatic heterocycles. The van der Waals surface area contributed by atoms with Crippen molar-refractivity contribution >= 4 is 17.3 Å². The maximum absolute atomic E-state index is 11.0. The molecular weight excluding hydrogens is 266 g/mol. The van der Waals surface area contributed by atoms with Crippen molar-refractivity contribution in [3.05, 3.63) is 28.8 Å². The Morgan fingerprint density at radius 1 is 1.32 bits per heavy atom. The predicted octanol–water partition coefficient (Wildman–Crippen LogP) is 2.83. The minimum absolute atomic E-state index is 0.0740. The van der Waals surface area contributed by atoms with Crippen LogP contribution in [-0.4, -0.2) is 30.3 Å². The molecule has 19 heavy (non-hydrogen) atoms. The van der Waals surface area contributed by atoms with Crippen LogP contribution in [0.5, 0.6) is 11.5 Å². The van der Waals surface area contributed by atoms with Crippen LogP contribution < -0.4 is 9.47 Å². The molecule has 1 heterocycles. The number of aromatic nitrogens is 1. The van der Waals surface area contributed by atoms with Gasteiger partial charge in [-0.25, -0.2) is 9.78 Å². The van der Waals surface area contributed by atoms with Gasteiger partial charge in [-0.3, -0.25) is 0 Å². The number of nitrogens with zero attached hydrogens (tertiary/aromatic N) is 1. The highest BCUT2D eigenvalue weighted by molar-refractivity contribution is 7.15. The molecule has 6 heteroatoms. The Bertz CT molecular complexity index is 621. The maximum Gasteiger partial charge on any atom is 0.355 e. The van der Waals surface area contributed by atoms with Crippen molar-refractivity contribution in [1.82, 2.24) is 4.98 Å². The van der Waals surface area contributed by atoms with Crippen molar-refractivity contribution in [2.24, 2.45) is 0 Å². The van der Waals surface area contributed by atoms with Crippen molar-refractivity contribution in [3.8, 4) is 22.1 Å². The number of aromatic carboxylic acids is 1. The number of methoxy groups -OCH3 is 2. The third-order valence-corrected chi connectivity index (χ3v) is 3.64. The number of thiazole rings is 1. The Morgan fingerprint density at radius 2 is 2.05 bits per heavy atom. The first-order valence-electron chi connectivity index (χ1n) is 5.50. The maximum atomic E-state index is 11.0. The highest BCUT2D eigenvalue weighted by atomic mass is 32.1. The van der Waals surface area contributed by atoms with Gasteiger partial charge in [0.05, 0.1) is 19.8 Å². The number of hydrogen-bond donors (Lipinski definition) is 1. The minimum atomic E-state index is -1.03. The number of rotatable bonds is 4. The second-order valence-electron chi connectivity index (χ2n) is 3.80. The lowest BCUT2D eigenvalue weighted by Crippen LogP contribution is -1.98. The first kappa shape index (κ1) is 13.4. The van der Waals surface area contributed by atoms with Crippen LogP contribution in [0.3, 0.4) is 0 Å². The van der Waals surface area contributed by atoms with E-state index >= 15 is 0 Å². The molecule has 0 spiro atoms. The number of aryl methyl sites for hydroxylation is 1. The number of carboxylic acids is 1. The fourth-order valence-corrected chi connectivity index (χ4v) is 2.62. The molecule has 2 aromatic rings. The topological polar surface area (TPSA) is 68.7 Å². The van der Waals surface area contributed by atoms with Gasteiger partial charge in [-0.05, 0) is 25.1 Å². The van der Waals surface area contributed by atoms with Gasteiger partial charge in [-0.2, -0.15) is 0 Å². The molecule has 0 radical (unpaired) electrons. The van der Waals surface area contributed by atoms with Crippen LogP contribution in [0.4, 0.5) is 0 Å². The molecule has 1 N–H and O–H groups in total. The van der Waals surface area contributed by atoms with E-state index in [9.17, 15) is 4.79 Å². The second kappa shape index (κ2) is 5.27. The van der Waals surface area contributed by atoms with Gasteiger partial charge in [0, 0.05) is 4.88 Å². The normalized spacial score (nSPS) is 10.3. The van der Waals surface area contributed by atoms with E-state index in [1.54, 1.807) is 39.3 Å². The summed E-state index contributed by atoms with van der Waals surface area (Å²) in [6.07, 6.45) is 0. The van der Waals surface area contributed by atoms with Crippen molar-refractivity contribution in [2.75, 3.05) is 14.2 Å². The molecule has 1 aromatic carbocycles. The molecule has 0 unspecified atom stereocenters. The van der Waals surface area contributed by atoms with E-state index in [1.807, 2.05) is 0 Å². The van der Waals surface area contributed by atoms with E-state index in [0.717, 1.165) is 5.56 Å². The zero-order valence-electron chi connectivity index (χ0n) is 10.8.